The molecule has 5 nitrogen and oxygen atoms in total. The maximum absolute atomic E-state index is 12.1. The number of rotatable bonds is 6. The molecule has 6 heteroatoms. The molecule has 0 aromatic carbocycles. The van der Waals surface area contributed by atoms with Crippen molar-refractivity contribution in [2.24, 2.45) is 0 Å². The van der Waals surface area contributed by atoms with Crippen molar-refractivity contribution in [3.05, 3.63) is 50.6 Å². The van der Waals surface area contributed by atoms with Crippen LogP contribution in [0.25, 0.3) is 0 Å². The molecule has 2 aromatic rings. The number of pyridine rings is 1. The number of nitrogens with zero attached hydrogens (tertiary/aromatic N) is 3. The summed E-state index contributed by atoms with van der Waals surface area (Å²) in [6, 6.07) is 4.00. The Labute approximate surface area is 132 Å². The normalized spacial score (nSPS) is 10.6. The van der Waals surface area contributed by atoms with Gasteiger partial charge in [0.2, 0.25) is 0 Å². The van der Waals surface area contributed by atoms with E-state index < -0.39 is 0 Å². The van der Waals surface area contributed by atoms with E-state index in [0.717, 1.165) is 18.5 Å². The van der Waals surface area contributed by atoms with E-state index in [1.54, 1.807) is 12.4 Å². The smallest absolute Gasteiger partial charge is 0.283 e. The summed E-state index contributed by atoms with van der Waals surface area (Å²) in [7, 11) is 0. The van der Waals surface area contributed by atoms with E-state index in [4.69, 9.17) is 0 Å². The lowest BCUT2D eigenvalue weighted by Crippen LogP contribution is -2.24. The SMILES string of the molecule is CCCn1ncc(NCc2ncccc2CC)c(Br)c1=O. The topological polar surface area (TPSA) is 59.8 Å². The van der Waals surface area contributed by atoms with Gasteiger partial charge in [0.25, 0.3) is 5.56 Å². The highest BCUT2D eigenvalue weighted by atomic mass is 79.9. The second-order valence-corrected chi connectivity index (χ2v) is 5.51. The molecule has 0 aliphatic heterocycles. The second kappa shape index (κ2) is 7.36. The zero-order chi connectivity index (χ0) is 15.2. The number of aryl methyl sites for hydroxylation is 2. The van der Waals surface area contributed by atoms with Crippen molar-refractivity contribution in [1.29, 1.82) is 0 Å². The largest absolute Gasteiger partial charge is 0.377 e. The molecular weight excluding hydrogens is 332 g/mol. The van der Waals surface area contributed by atoms with Gasteiger partial charge in [0.1, 0.15) is 4.47 Å². The first kappa shape index (κ1) is 15.7. The minimum atomic E-state index is -0.112. The van der Waals surface area contributed by atoms with Gasteiger partial charge in [0.15, 0.2) is 0 Å². The molecule has 0 bridgehead atoms. The molecule has 112 valence electrons. The molecule has 0 amide bonds. The van der Waals surface area contributed by atoms with Crippen molar-refractivity contribution in [2.75, 3.05) is 5.32 Å². The summed E-state index contributed by atoms with van der Waals surface area (Å²) in [5.41, 5.74) is 2.77. The third-order valence-corrected chi connectivity index (χ3v) is 4.00. The van der Waals surface area contributed by atoms with Crippen molar-refractivity contribution >= 4 is 21.6 Å². The number of aromatic nitrogens is 3. The zero-order valence-corrected chi connectivity index (χ0v) is 13.9. The highest BCUT2D eigenvalue weighted by molar-refractivity contribution is 9.10. The van der Waals surface area contributed by atoms with Gasteiger partial charge in [-0.15, -0.1) is 0 Å². The van der Waals surface area contributed by atoms with Gasteiger partial charge >= 0.3 is 0 Å². The van der Waals surface area contributed by atoms with Crippen LogP contribution >= 0.6 is 15.9 Å². The summed E-state index contributed by atoms with van der Waals surface area (Å²) in [4.78, 5) is 16.5. The maximum Gasteiger partial charge on any atom is 0.283 e. The van der Waals surface area contributed by atoms with E-state index in [1.807, 2.05) is 13.0 Å². The van der Waals surface area contributed by atoms with Gasteiger partial charge in [-0.05, 0) is 40.4 Å². The fourth-order valence-corrected chi connectivity index (χ4v) is 2.54. The highest BCUT2D eigenvalue weighted by Crippen LogP contribution is 2.17. The molecular formula is C15H19BrN4O. The van der Waals surface area contributed by atoms with Gasteiger partial charge in [-0.2, -0.15) is 5.10 Å². The Morgan fingerprint density at radius 3 is 2.90 bits per heavy atom. The number of anilines is 1. The lowest BCUT2D eigenvalue weighted by Gasteiger charge is -2.11. The van der Waals surface area contributed by atoms with E-state index >= 15 is 0 Å². The van der Waals surface area contributed by atoms with E-state index in [0.29, 0.717) is 23.2 Å². The lowest BCUT2D eigenvalue weighted by atomic mass is 10.1. The van der Waals surface area contributed by atoms with Crippen LogP contribution in [0.2, 0.25) is 0 Å². The first-order valence-electron chi connectivity index (χ1n) is 7.09. The summed E-state index contributed by atoms with van der Waals surface area (Å²) in [6.07, 6.45) is 5.26. The van der Waals surface area contributed by atoms with Gasteiger partial charge in [0.05, 0.1) is 24.1 Å². The molecule has 21 heavy (non-hydrogen) atoms. The van der Waals surface area contributed by atoms with Gasteiger partial charge in [0, 0.05) is 12.7 Å². The Hall–Kier alpha value is -1.69. The second-order valence-electron chi connectivity index (χ2n) is 4.72. The third kappa shape index (κ3) is 3.69. The number of hydrogen-bond donors (Lipinski definition) is 1. The van der Waals surface area contributed by atoms with Crippen LogP contribution in [0.15, 0.2) is 33.8 Å². The minimum Gasteiger partial charge on any atom is -0.377 e. The Bertz CT molecular complexity index is 669. The molecule has 0 unspecified atom stereocenters. The Morgan fingerprint density at radius 2 is 2.19 bits per heavy atom. The lowest BCUT2D eigenvalue weighted by molar-refractivity contribution is 0.566. The van der Waals surface area contributed by atoms with Crippen LogP contribution in [0.5, 0.6) is 0 Å². The van der Waals surface area contributed by atoms with Crippen LogP contribution in [0.3, 0.4) is 0 Å². The Morgan fingerprint density at radius 1 is 1.38 bits per heavy atom. The van der Waals surface area contributed by atoms with Crippen molar-refractivity contribution in [3.8, 4) is 0 Å². The summed E-state index contributed by atoms with van der Waals surface area (Å²) in [6.45, 7) is 5.31. The molecule has 2 rings (SSSR count). The number of hydrogen-bond acceptors (Lipinski definition) is 4. The number of halogens is 1. The van der Waals surface area contributed by atoms with Crippen LogP contribution in [0, 0.1) is 0 Å². The third-order valence-electron chi connectivity index (χ3n) is 3.23. The summed E-state index contributed by atoms with van der Waals surface area (Å²) in [5, 5.41) is 7.40. The van der Waals surface area contributed by atoms with E-state index in [2.05, 4.69) is 44.3 Å². The van der Waals surface area contributed by atoms with Crippen LogP contribution in [0.1, 0.15) is 31.5 Å². The monoisotopic (exact) mass is 350 g/mol. The fraction of sp³-hybridized carbons (Fsp3) is 0.400. The van der Waals surface area contributed by atoms with E-state index in [9.17, 15) is 4.79 Å². The average molecular weight is 351 g/mol. The molecule has 0 aliphatic carbocycles. The van der Waals surface area contributed by atoms with E-state index in [-0.39, 0.29) is 5.56 Å². The van der Waals surface area contributed by atoms with Crippen LogP contribution in [-0.2, 0) is 19.5 Å². The van der Waals surface area contributed by atoms with Gasteiger partial charge in [-0.1, -0.05) is 19.9 Å². The molecule has 2 aromatic heterocycles. The first-order valence-corrected chi connectivity index (χ1v) is 7.88. The molecule has 0 atom stereocenters. The van der Waals surface area contributed by atoms with Crippen LogP contribution in [0.4, 0.5) is 5.69 Å². The Kier molecular flexibility index (Phi) is 5.50. The fourth-order valence-electron chi connectivity index (χ4n) is 2.09. The molecule has 0 saturated heterocycles. The average Bonchev–Trinajstić information content (AvgIpc) is 2.51. The molecule has 1 N–H and O–H groups in total. The van der Waals surface area contributed by atoms with Crippen molar-refractivity contribution in [3.63, 3.8) is 0 Å². The minimum absolute atomic E-state index is 0.112. The zero-order valence-electron chi connectivity index (χ0n) is 12.3. The van der Waals surface area contributed by atoms with Gasteiger partial charge < -0.3 is 5.32 Å². The maximum atomic E-state index is 12.1. The van der Waals surface area contributed by atoms with Gasteiger partial charge in [-0.25, -0.2) is 4.68 Å². The molecule has 0 saturated carbocycles. The van der Waals surface area contributed by atoms with Crippen molar-refractivity contribution in [2.45, 2.75) is 39.8 Å². The number of nitrogens with one attached hydrogen (secondary N) is 1. The predicted octanol–water partition coefficient (Wildman–Crippen LogP) is 2.99. The molecule has 0 radical (unpaired) electrons. The summed E-state index contributed by atoms with van der Waals surface area (Å²) < 4.78 is 1.98. The standard InChI is InChI=1S/C15H19BrN4O/c1-3-8-20-15(21)14(16)13(10-19-20)18-9-12-11(4-2)6-5-7-17-12/h5-7,10,18H,3-4,8-9H2,1-2H3. The van der Waals surface area contributed by atoms with Crippen molar-refractivity contribution < 1.29 is 0 Å². The highest BCUT2D eigenvalue weighted by Gasteiger charge is 2.09. The quantitative estimate of drug-likeness (QED) is 0.869. The molecule has 0 aliphatic rings. The van der Waals surface area contributed by atoms with Crippen LogP contribution < -0.4 is 10.9 Å². The predicted molar refractivity (Wildman–Crippen MR) is 87.4 cm³/mol. The van der Waals surface area contributed by atoms with Gasteiger partial charge in [-0.3, -0.25) is 9.78 Å². The van der Waals surface area contributed by atoms with E-state index in [1.165, 1.54) is 10.2 Å². The van der Waals surface area contributed by atoms with Crippen LogP contribution in [-0.4, -0.2) is 14.8 Å². The molecule has 2 heterocycles. The first-order chi connectivity index (χ1) is 10.2. The molecule has 0 spiro atoms. The summed E-state index contributed by atoms with van der Waals surface area (Å²) in [5.74, 6) is 0. The molecule has 0 fully saturated rings. The van der Waals surface area contributed by atoms with Crippen molar-refractivity contribution in [1.82, 2.24) is 14.8 Å². The Balaban J connectivity index is 2.17. The summed E-state index contributed by atoms with van der Waals surface area (Å²) >= 11 is 3.35.